The SMILES string of the molecule is CCCCc1c([N+](=O)[O-])[nH]c2ccc(O)c(C(=O)c3ccccc3)c12. The van der Waals surface area contributed by atoms with Gasteiger partial charge in [-0.15, -0.1) is 0 Å². The first kappa shape index (κ1) is 16.7. The van der Waals surface area contributed by atoms with Gasteiger partial charge < -0.3 is 15.2 Å². The molecule has 0 amide bonds. The molecule has 0 fully saturated rings. The minimum atomic E-state index is -0.473. The van der Waals surface area contributed by atoms with E-state index in [9.17, 15) is 20.0 Å². The van der Waals surface area contributed by atoms with Crippen molar-refractivity contribution in [2.24, 2.45) is 0 Å². The lowest BCUT2D eigenvalue weighted by Gasteiger charge is -2.07. The molecule has 1 aromatic heterocycles. The van der Waals surface area contributed by atoms with Crippen LogP contribution in [0.2, 0.25) is 0 Å². The van der Waals surface area contributed by atoms with Crippen LogP contribution in [0.4, 0.5) is 5.82 Å². The summed E-state index contributed by atoms with van der Waals surface area (Å²) >= 11 is 0. The number of phenols is 1. The molecule has 0 bridgehead atoms. The molecule has 1 heterocycles. The van der Waals surface area contributed by atoms with Crippen molar-refractivity contribution in [1.82, 2.24) is 4.98 Å². The molecule has 0 aliphatic heterocycles. The predicted molar refractivity (Wildman–Crippen MR) is 95.1 cm³/mol. The van der Waals surface area contributed by atoms with Gasteiger partial charge >= 0.3 is 5.82 Å². The largest absolute Gasteiger partial charge is 0.507 e. The molecule has 3 aromatic rings. The maximum atomic E-state index is 12.9. The minimum absolute atomic E-state index is 0.110. The van der Waals surface area contributed by atoms with Crippen LogP contribution in [-0.2, 0) is 6.42 Å². The number of fused-ring (bicyclic) bond motifs is 1. The number of nitro groups is 1. The second kappa shape index (κ2) is 6.76. The van der Waals surface area contributed by atoms with Crippen LogP contribution in [-0.4, -0.2) is 20.8 Å². The van der Waals surface area contributed by atoms with Gasteiger partial charge in [-0.3, -0.25) is 4.79 Å². The number of nitrogens with zero attached hydrogens (tertiary/aromatic N) is 1. The molecule has 25 heavy (non-hydrogen) atoms. The number of hydrogen-bond donors (Lipinski definition) is 2. The topological polar surface area (TPSA) is 96.2 Å². The summed E-state index contributed by atoms with van der Waals surface area (Å²) in [5.74, 6) is -0.639. The fourth-order valence-electron chi connectivity index (χ4n) is 3.05. The highest BCUT2D eigenvalue weighted by atomic mass is 16.6. The number of rotatable bonds is 6. The van der Waals surface area contributed by atoms with Crippen molar-refractivity contribution in [2.75, 3.05) is 0 Å². The molecule has 0 aliphatic rings. The predicted octanol–water partition coefficient (Wildman–Crippen LogP) is 4.36. The van der Waals surface area contributed by atoms with E-state index in [1.54, 1.807) is 36.4 Å². The molecule has 3 rings (SSSR count). The number of benzene rings is 2. The van der Waals surface area contributed by atoms with Gasteiger partial charge in [0.05, 0.1) is 11.1 Å². The van der Waals surface area contributed by atoms with Gasteiger partial charge in [0.1, 0.15) is 11.3 Å². The van der Waals surface area contributed by atoms with Gasteiger partial charge in [-0.1, -0.05) is 43.7 Å². The van der Waals surface area contributed by atoms with Gasteiger partial charge in [-0.25, -0.2) is 4.98 Å². The number of ketones is 1. The Kier molecular flexibility index (Phi) is 4.52. The Morgan fingerprint density at radius 3 is 2.56 bits per heavy atom. The monoisotopic (exact) mass is 338 g/mol. The number of unbranched alkanes of at least 4 members (excludes halogenated alkanes) is 1. The fourth-order valence-corrected chi connectivity index (χ4v) is 3.05. The second-order valence-corrected chi connectivity index (χ2v) is 5.89. The van der Waals surface area contributed by atoms with Gasteiger partial charge in [-0.05, 0) is 29.9 Å². The molecule has 0 unspecified atom stereocenters. The first-order valence-electron chi connectivity index (χ1n) is 8.15. The summed E-state index contributed by atoms with van der Waals surface area (Å²) < 4.78 is 0. The van der Waals surface area contributed by atoms with Crippen LogP contribution in [0.1, 0.15) is 41.3 Å². The number of hydrogen-bond acceptors (Lipinski definition) is 4. The molecule has 0 spiro atoms. The van der Waals surface area contributed by atoms with E-state index in [0.717, 1.165) is 12.8 Å². The summed E-state index contributed by atoms with van der Waals surface area (Å²) in [5.41, 5.74) is 1.49. The first-order valence-corrected chi connectivity index (χ1v) is 8.15. The number of aromatic nitrogens is 1. The third-order valence-electron chi connectivity index (χ3n) is 4.25. The van der Waals surface area contributed by atoms with Crippen LogP contribution in [0, 0.1) is 10.1 Å². The van der Waals surface area contributed by atoms with Crippen molar-refractivity contribution in [3.63, 3.8) is 0 Å². The summed E-state index contributed by atoms with van der Waals surface area (Å²) in [6.07, 6.45) is 2.08. The Morgan fingerprint density at radius 1 is 1.20 bits per heavy atom. The number of carbonyl (C=O) groups is 1. The number of aromatic hydroxyl groups is 1. The van der Waals surface area contributed by atoms with E-state index in [4.69, 9.17) is 0 Å². The zero-order chi connectivity index (χ0) is 18.0. The van der Waals surface area contributed by atoms with E-state index in [0.29, 0.717) is 28.5 Å². The van der Waals surface area contributed by atoms with E-state index < -0.39 is 4.92 Å². The van der Waals surface area contributed by atoms with Gasteiger partial charge in [0.2, 0.25) is 0 Å². The smallest absolute Gasteiger partial charge is 0.325 e. The number of aromatic amines is 1. The molecule has 0 radical (unpaired) electrons. The lowest BCUT2D eigenvalue weighted by molar-refractivity contribution is -0.389. The number of carbonyl (C=O) groups excluding carboxylic acids is 1. The quantitative estimate of drug-likeness (QED) is 0.396. The molecule has 2 N–H and O–H groups in total. The molecular weight excluding hydrogens is 320 g/mol. The van der Waals surface area contributed by atoms with Crippen molar-refractivity contribution < 1.29 is 14.8 Å². The van der Waals surface area contributed by atoms with Crippen LogP contribution < -0.4 is 0 Å². The van der Waals surface area contributed by atoms with E-state index in [-0.39, 0.29) is 22.9 Å². The fraction of sp³-hybridized carbons (Fsp3) is 0.211. The normalized spacial score (nSPS) is 10.9. The van der Waals surface area contributed by atoms with E-state index in [1.807, 2.05) is 6.92 Å². The highest BCUT2D eigenvalue weighted by molar-refractivity contribution is 6.19. The van der Waals surface area contributed by atoms with Crippen molar-refractivity contribution in [3.8, 4) is 5.75 Å². The van der Waals surface area contributed by atoms with E-state index in [2.05, 4.69) is 4.98 Å². The van der Waals surface area contributed by atoms with Crippen molar-refractivity contribution in [1.29, 1.82) is 0 Å². The van der Waals surface area contributed by atoms with Crippen molar-refractivity contribution in [3.05, 3.63) is 69.3 Å². The van der Waals surface area contributed by atoms with Crippen LogP contribution >= 0.6 is 0 Å². The number of aryl methyl sites for hydroxylation is 1. The molecular formula is C19H18N2O4. The number of phenolic OH excluding ortho intramolecular Hbond substituents is 1. The van der Waals surface area contributed by atoms with Gasteiger partial charge in [0.15, 0.2) is 5.78 Å². The Bertz CT molecular complexity index is 945. The molecule has 0 atom stereocenters. The third-order valence-corrected chi connectivity index (χ3v) is 4.25. The summed E-state index contributed by atoms with van der Waals surface area (Å²) in [6.45, 7) is 1.99. The maximum absolute atomic E-state index is 12.9. The van der Waals surface area contributed by atoms with Crippen LogP contribution in [0.5, 0.6) is 5.75 Å². The lowest BCUT2D eigenvalue weighted by atomic mass is 9.95. The molecule has 128 valence electrons. The van der Waals surface area contributed by atoms with Crippen LogP contribution in [0.25, 0.3) is 10.9 Å². The molecule has 0 saturated heterocycles. The average Bonchev–Trinajstić information content (AvgIpc) is 2.99. The zero-order valence-corrected chi connectivity index (χ0v) is 13.8. The van der Waals surface area contributed by atoms with E-state index >= 15 is 0 Å². The molecule has 6 heteroatoms. The number of H-pyrrole nitrogens is 1. The van der Waals surface area contributed by atoms with Gasteiger partial charge in [0, 0.05) is 10.9 Å². The minimum Gasteiger partial charge on any atom is -0.507 e. The van der Waals surface area contributed by atoms with Crippen molar-refractivity contribution in [2.45, 2.75) is 26.2 Å². The molecule has 0 saturated carbocycles. The Morgan fingerprint density at radius 2 is 1.92 bits per heavy atom. The van der Waals surface area contributed by atoms with E-state index in [1.165, 1.54) is 6.07 Å². The summed E-state index contributed by atoms with van der Waals surface area (Å²) in [5, 5.41) is 22.2. The molecule has 0 aliphatic carbocycles. The molecule has 6 nitrogen and oxygen atoms in total. The highest BCUT2D eigenvalue weighted by Gasteiger charge is 2.27. The summed E-state index contributed by atoms with van der Waals surface area (Å²) in [6, 6.07) is 11.5. The standard InChI is InChI=1S/C19H18N2O4/c1-2-3-9-13-16-14(20-19(13)21(24)25)10-11-15(22)17(16)18(23)12-7-5-4-6-8-12/h4-8,10-11,20,22H,2-3,9H2,1H3. The van der Waals surface area contributed by atoms with Crippen molar-refractivity contribution >= 4 is 22.5 Å². The first-order chi connectivity index (χ1) is 12.0. The maximum Gasteiger partial charge on any atom is 0.325 e. The lowest BCUT2D eigenvalue weighted by Crippen LogP contribution is -2.03. The highest BCUT2D eigenvalue weighted by Crippen LogP contribution is 2.37. The second-order valence-electron chi connectivity index (χ2n) is 5.89. The summed E-state index contributed by atoms with van der Waals surface area (Å²) in [4.78, 5) is 26.7. The Labute approximate surface area is 144 Å². The Balaban J connectivity index is 2.28. The van der Waals surface area contributed by atoms with Gasteiger partial charge in [-0.2, -0.15) is 0 Å². The number of nitrogens with one attached hydrogen (secondary N) is 1. The van der Waals surface area contributed by atoms with Crippen LogP contribution in [0.15, 0.2) is 42.5 Å². The molecule has 2 aromatic carbocycles. The summed E-state index contributed by atoms with van der Waals surface area (Å²) in [7, 11) is 0. The van der Waals surface area contributed by atoms with Crippen LogP contribution in [0.3, 0.4) is 0 Å². The third kappa shape index (κ3) is 2.98. The van der Waals surface area contributed by atoms with Gasteiger partial charge in [0.25, 0.3) is 0 Å². The Hall–Kier alpha value is -3.15. The average molecular weight is 338 g/mol. The zero-order valence-electron chi connectivity index (χ0n) is 13.8.